The Balaban J connectivity index is 1.50. The molecular weight excluding hydrogens is 318 g/mol. The highest BCUT2D eigenvalue weighted by Gasteiger charge is 2.34. The van der Waals surface area contributed by atoms with Gasteiger partial charge >= 0.3 is 0 Å². The molecule has 5 heteroatoms. The predicted octanol–water partition coefficient (Wildman–Crippen LogP) is 3.54. The van der Waals surface area contributed by atoms with Crippen LogP contribution in [0.25, 0.3) is 0 Å². The number of unbranched alkanes of at least 4 members (excludes halogenated alkanes) is 1. The normalized spacial score (nSPS) is 13.1. The molecule has 0 atom stereocenters. The van der Waals surface area contributed by atoms with E-state index >= 15 is 0 Å². The minimum absolute atomic E-state index is 0.223. The Labute approximate surface area is 147 Å². The van der Waals surface area contributed by atoms with E-state index in [0.29, 0.717) is 23.5 Å². The first-order chi connectivity index (χ1) is 12.2. The monoisotopic (exact) mass is 339 g/mol. The first kappa shape index (κ1) is 17.0. The minimum Gasteiger partial charge on any atom is -0.494 e. The number of benzene rings is 2. The summed E-state index contributed by atoms with van der Waals surface area (Å²) in [4.78, 5) is 25.7. The molecule has 3 rings (SSSR count). The second-order valence-electron chi connectivity index (χ2n) is 5.83. The Morgan fingerprint density at radius 2 is 1.32 bits per heavy atom. The molecule has 0 bridgehead atoms. The van der Waals surface area contributed by atoms with Crippen molar-refractivity contribution in [3.63, 3.8) is 0 Å². The van der Waals surface area contributed by atoms with E-state index in [1.807, 2.05) is 24.3 Å². The predicted molar refractivity (Wildman–Crippen MR) is 94.1 cm³/mol. The van der Waals surface area contributed by atoms with Crippen molar-refractivity contribution in [1.82, 2.24) is 4.90 Å². The second kappa shape index (κ2) is 7.83. The first-order valence-electron chi connectivity index (χ1n) is 8.51. The number of carbonyl (C=O) groups is 2. The SMILES string of the molecule is CCCCOc1ccc(OCCN2C(=O)c3ccccc3C2=O)cc1. The van der Waals surface area contributed by atoms with E-state index in [1.165, 1.54) is 4.90 Å². The van der Waals surface area contributed by atoms with Crippen LogP contribution in [0.15, 0.2) is 48.5 Å². The number of amides is 2. The molecule has 0 spiro atoms. The molecule has 0 N–H and O–H groups in total. The number of hydrogen-bond acceptors (Lipinski definition) is 4. The molecule has 1 heterocycles. The summed E-state index contributed by atoms with van der Waals surface area (Å²) in [6.45, 7) is 3.30. The number of imide groups is 1. The molecule has 1 aliphatic rings. The quantitative estimate of drug-likeness (QED) is 0.545. The van der Waals surface area contributed by atoms with Crippen LogP contribution in [0, 0.1) is 0 Å². The van der Waals surface area contributed by atoms with Gasteiger partial charge in [-0.25, -0.2) is 0 Å². The zero-order valence-corrected chi connectivity index (χ0v) is 14.2. The van der Waals surface area contributed by atoms with E-state index in [2.05, 4.69) is 6.92 Å². The molecule has 0 saturated heterocycles. The van der Waals surface area contributed by atoms with Crippen LogP contribution in [0.1, 0.15) is 40.5 Å². The fraction of sp³-hybridized carbons (Fsp3) is 0.300. The number of nitrogens with zero attached hydrogens (tertiary/aromatic N) is 1. The van der Waals surface area contributed by atoms with Crippen molar-refractivity contribution >= 4 is 11.8 Å². The van der Waals surface area contributed by atoms with Crippen molar-refractivity contribution < 1.29 is 19.1 Å². The molecule has 2 aromatic carbocycles. The van der Waals surface area contributed by atoms with E-state index in [-0.39, 0.29) is 25.0 Å². The summed E-state index contributed by atoms with van der Waals surface area (Å²) < 4.78 is 11.2. The van der Waals surface area contributed by atoms with Crippen LogP contribution in [-0.4, -0.2) is 36.5 Å². The molecule has 25 heavy (non-hydrogen) atoms. The lowest BCUT2D eigenvalue weighted by atomic mass is 10.1. The zero-order chi connectivity index (χ0) is 17.6. The molecule has 1 aliphatic heterocycles. The maximum absolute atomic E-state index is 12.3. The maximum atomic E-state index is 12.3. The standard InChI is InChI=1S/C20H21NO4/c1-2-3-13-24-15-8-10-16(11-9-15)25-14-12-21-19(22)17-6-4-5-7-18(17)20(21)23/h4-11H,2-3,12-14H2,1H3. The van der Waals surface area contributed by atoms with Gasteiger partial charge in [0, 0.05) is 0 Å². The smallest absolute Gasteiger partial charge is 0.261 e. The van der Waals surface area contributed by atoms with Crippen molar-refractivity contribution in [2.75, 3.05) is 19.8 Å². The average molecular weight is 339 g/mol. The summed E-state index contributed by atoms with van der Waals surface area (Å²) in [6, 6.07) is 14.2. The Morgan fingerprint density at radius 1 is 0.800 bits per heavy atom. The van der Waals surface area contributed by atoms with Crippen LogP contribution in [-0.2, 0) is 0 Å². The van der Waals surface area contributed by atoms with E-state index in [1.54, 1.807) is 24.3 Å². The lowest BCUT2D eigenvalue weighted by molar-refractivity contribution is 0.0631. The molecule has 2 aromatic rings. The number of ether oxygens (including phenoxy) is 2. The first-order valence-corrected chi connectivity index (χ1v) is 8.51. The van der Waals surface area contributed by atoms with Crippen molar-refractivity contribution in [2.45, 2.75) is 19.8 Å². The van der Waals surface area contributed by atoms with Gasteiger partial charge in [0.05, 0.1) is 24.3 Å². The van der Waals surface area contributed by atoms with Gasteiger partial charge in [-0.05, 0) is 42.8 Å². The van der Waals surface area contributed by atoms with E-state index in [0.717, 1.165) is 18.6 Å². The second-order valence-corrected chi connectivity index (χ2v) is 5.83. The summed E-state index contributed by atoms with van der Waals surface area (Å²) in [5.74, 6) is 0.966. The largest absolute Gasteiger partial charge is 0.494 e. The highest BCUT2D eigenvalue weighted by molar-refractivity contribution is 6.21. The summed E-state index contributed by atoms with van der Waals surface area (Å²) in [5.41, 5.74) is 0.919. The minimum atomic E-state index is -0.260. The molecule has 0 aromatic heterocycles. The van der Waals surface area contributed by atoms with Crippen molar-refractivity contribution in [2.24, 2.45) is 0 Å². The third-order valence-corrected chi connectivity index (χ3v) is 4.05. The average Bonchev–Trinajstić information content (AvgIpc) is 2.88. The molecule has 0 saturated carbocycles. The van der Waals surface area contributed by atoms with Gasteiger partial charge in [-0.3, -0.25) is 14.5 Å². The van der Waals surface area contributed by atoms with Crippen LogP contribution in [0.5, 0.6) is 11.5 Å². The van der Waals surface area contributed by atoms with Gasteiger partial charge in [0.1, 0.15) is 18.1 Å². The van der Waals surface area contributed by atoms with Gasteiger partial charge in [0.25, 0.3) is 11.8 Å². The molecule has 130 valence electrons. The van der Waals surface area contributed by atoms with Gasteiger partial charge in [0.2, 0.25) is 0 Å². The van der Waals surface area contributed by atoms with Gasteiger partial charge in [-0.15, -0.1) is 0 Å². The zero-order valence-electron chi connectivity index (χ0n) is 14.2. The van der Waals surface area contributed by atoms with E-state index in [4.69, 9.17) is 9.47 Å². The summed E-state index contributed by atoms with van der Waals surface area (Å²) in [7, 11) is 0. The number of carbonyl (C=O) groups excluding carboxylic acids is 2. The highest BCUT2D eigenvalue weighted by atomic mass is 16.5. The van der Waals surface area contributed by atoms with Gasteiger partial charge < -0.3 is 9.47 Å². The Bertz CT molecular complexity index is 720. The Kier molecular flexibility index (Phi) is 5.33. The number of fused-ring (bicyclic) bond motifs is 1. The van der Waals surface area contributed by atoms with Crippen molar-refractivity contribution in [3.05, 3.63) is 59.7 Å². The topological polar surface area (TPSA) is 55.8 Å². The summed E-state index contributed by atoms with van der Waals surface area (Å²) in [5, 5.41) is 0. The molecule has 5 nitrogen and oxygen atoms in total. The van der Waals surface area contributed by atoms with Crippen LogP contribution in [0.4, 0.5) is 0 Å². The molecule has 2 amide bonds. The van der Waals surface area contributed by atoms with Crippen LogP contribution >= 0.6 is 0 Å². The van der Waals surface area contributed by atoms with Crippen LogP contribution < -0.4 is 9.47 Å². The molecule has 0 fully saturated rings. The maximum Gasteiger partial charge on any atom is 0.261 e. The highest BCUT2D eigenvalue weighted by Crippen LogP contribution is 2.22. The molecular formula is C20H21NO4. The lowest BCUT2D eigenvalue weighted by Crippen LogP contribution is -2.33. The third kappa shape index (κ3) is 3.82. The van der Waals surface area contributed by atoms with Gasteiger partial charge in [-0.1, -0.05) is 25.5 Å². The van der Waals surface area contributed by atoms with Crippen molar-refractivity contribution in [1.29, 1.82) is 0 Å². The van der Waals surface area contributed by atoms with E-state index < -0.39 is 0 Å². The van der Waals surface area contributed by atoms with Crippen LogP contribution in [0.2, 0.25) is 0 Å². The molecule has 0 radical (unpaired) electrons. The summed E-state index contributed by atoms with van der Waals surface area (Å²) >= 11 is 0. The van der Waals surface area contributed by atoms with Crippen LogP contribution in [0.3, 0.4) is 0 Å². The van der Waals surface area contributed by atoms with E-state index in [9.17, 15) is 9.59 Å². The fourth-order valence-electron chi connectivity index (χ4n) is 2.66. The number of rotatable bonds is 8. The number of hydrogen-bond donors (Lipinski definition) is 0. The molecule has 0 aliphatic carbocycles. The summed E-state index contributed by atoms with van der Waals surface area (Å²) in [6.07, 6.45) is 2.12. The fourth-order valence-corrected chi connectivity index (χ4v) is 2.66. The Hall–Kier alpha value is -2.82. The van der Waals surface area contributed by atoms with Crippen molar-refractivity contribution in [3.8, 4) is 11.5 Å². The van der Waals surface area contributed by atoms with Gasteiger partial charge in [-0.2, -0.15) is 0 Å². The van der Waals surface area contributed by atoms with Gasteiger partial charge in [0.15, 0.2) is 0 Å². The third-order valence-electron chi connectivity index (χ3n) is 4.05. The Morgan fingerprint density at radius 3 is 1.84 bits per heavy atom. The lowest BCUT2D eigenvalue weighted by Gasteiger charge is -2.14. The molecule has 0 unspecified atom stereocenters.